The van der Waals surface area contributed by atoms with Crippen LogP contribution in [0.1, 0.15) is 0 Å². The summed E-state index contributed by atoms with van der Waals surface area (Å²) in [5.41, 5.74) is 4.55. The molecule has 0 unspecified atom stereocenters. The quantitative estimate of drug-likeness (QED) is 0.583. The van der Waals surface area contributed by atoms with E-state index in [1.54, 1.807) is 0 Å². The zero-order valence-corrected chi connectivity index (χ0v) is 8.77. The van der Waals surface area contributed by atoms with E-state index in [0.29, 0.717) is 0 Å². The van der Waals surface area contributed by atoms with E-state index in [1.165, 1.54) is 11.1 Å². The maximum Gasteiger partial charge on any atom is -0.0184 e. The van der Waals surface area contributed by atoms with Crippen LogP contribution in [0.5, 0.6) is 0 Å². The van der Waals surface area contributed by atoms with E-state index in [-0.39, 0.29) is 0 Å². The normalized spacial score (nSPS) is 8.79. The van der Waals surface area contributed by atoms with Crippen LogP contribution in [0.15, 0.2) is 60.7 Å². The zero-order valence-electron chi connectivity index (χ0n) is 8.77. The van der Waals surface area contributed by atoms with Crippen molar-refractivity contribution in [3.05, 3.63) is 60.7 Å². The van der Waals surface area contributed by atoms with Crippen LogP contribution in [0.2, 0.25) is 5.60 Å². The molecule has 0 aliphatic rings. The summed E-state index contributed by atoms with van der Waals surface area (Å²) in [7, 11) is 0. The van der Waals surface area contributed by atoms with Crippen LogP contribution < -0.4 is 0 Å². The first kappa shape index (κ1) is 11.1. The first-order valence-electron chi connectivity index (χ1n) is 5.07. The molecule has 0 N–H and O–H groups in total. The molecule has 0 atom stereocenters. The van der Waals surface area contributed by atoms with Gasteiger partial charge in [-0.25, -0.2) is 0 Å². The molecule has 0 saturated carbocycles. The molecule has 0 heterocycles. The van der Waals surface area contributed by atoms with Gasteiger partial charge in [-0.05, 0) is 11.1 Å². The molecular formula is C13H13Li. The Labute approximate surface area is 95.2 Å². The molecule has 0 spiro atoms. The molecule has 0 saturated heterocycles. The second-order valence-electron chi connectivity index (χ2n) is 2.73. The summed E-state index contributed by atoms with van der Waals surface area (Å²) in [5, 5.41) is 0. The number of benzene rings is 2. The Morgan fingerprint density at radius 2 is 0.857 bits per heavy atom. The van der Waals surface area contributed by atoms with E-state index < -0.39 is 0 Å². The molecule has 0 amide bonds. The van der Waals surface area contributed by atoms with Crippen molar-refractivity contribution in [2.45, 2.75) is 5.60 Å². The predicted molar refractivity (Wildman–Crippen MR) is 63.5 cm³/mol. The van der Waals surface area contributed by atoms with Crippen LogP contribution in [0.25, 0.3) is 11.1 Å². The molecule has 2 rings (SSSR count). The van der Waals surface area contributed by atoms with Crippen LogP contribution in [0.4, 0.5) is 0 Å². The maximum absolute atomic E-state index is 2.12. The Morgan fingerprint density at radius 3 is 1.14 bits per heavy atom. The van der Waals surface area contributed by atoms with Crippen molar-refractivity contribution in [1.29, 1.82) is 0 Å². The summed E-state index contributed by atoms with van der Waals surface area (Å²) in [6.45, 7) is 0. The van der Waals surface area contributed by atoms with Crippen molar-refractivity contribution in [2.75, 3.05) is 0 Å². The number of hydrogen-bond acceptors (Lipinski definition) is 0. The van der Waals surface area contributed by atoms with Gasteiger partial charge in [-0.3, -0.25) is 0 Å². The summed E-state index contributed by atoms with van der Waals surface area (Å²) >= 11 is 2.00. The monoisotopic (exact) mass is 176 g/mol. The smallest absolute Gasteiger partial charge is 0.0184 e. The number of rotatable bonds is 1. The van der Waals surface area contributed by atoms with Crippen LogP contribution in [-0.4, -0.2) is 17.7 Å². The second-order valence-corrected chi connectivity index (χ2v) is 2.73. The Kier molecular flexibility index (Phi) is 5.15. The average molecular weight is 176 g/mol. The third kappa shape index (κ3) is 3.07. The average Bonchev–Trinajstić information content (AvgIpc) is 2.34. The fourth-order valence-corrected chi connectivity index (χ4v) is 1.26. The molecule has 0 nitrogen and oxygen atoms in total. The molecule has 2 aromatic carbocycles. The number of hydrogen-bond donors (Lipinski definition) is 0. The predicted octanol–water partition coefficient (Wildman–Crippen LogP) is 3.56. The molecule has 0 radical (unpaired) electrons. The molecule has 14 heavy (non-hydrogen) atoms. The topological polar surface area (TPSA) is 0 Å². The van der Waals surface area contributed by atoms with Crippen LogP contribution in [-0.2, 0) is 0 Å². The van der Waals surface area contributed by atoms with Crippen molar-refractivity contribution >= 4 is 17.7 Å². The van der Waals surface area contributed by atoms with Crippen LogP contribution in [0.3, 0.4) is 0 Å². The summed E-state index contributed by atoms with van der Waals surface area (Å²) < 4.78 is 0. The summed E-state index contributed by atoms with van der Waals surface area (Å²) in [6, 6.07) is 20.8. The molecule has 0 bridgehead atoms. The van der Waals surface area contributed by atoms with Gasteiger partial charge in [-0.15, -0.1) is 0 Å². The van der Waals surface area contributed by atoms with Gasteiger partial charge in [0.25, 0.3) is 0 Å². The minimum atomic E-state index is 1.28. The van der Waals surface area contributed by atoms with Gasteiger partial charge in [0.1, 0.15) is 0 Å². The summed E-state index contributed by atoms with van der Waals surface area (Å²) in [6.07, 6.45) is 0. The van der Waals surface area contributed by atoms with E-state index in [4.69, 9.17) is 0 Å². The molecule has 0 aromatic heterocycles. The fourth-order valence-electron chi connectivity index (χ4n) is 1.26. The third-order valence-electron chi connectivity index (χ3n) is 1.88. The molecule has 0 fully saturated rings. The van der Waals surface area contributed by atoms with E-state index >= 15 is 0 Å². The minimum Gasteiger partial charge on any atom is -0.0622 e. The largest absolute Gasteiger partial charge is 0.0622 e. The van der Waals surface area contributed by atoms with Crippen molar-refractivity contribution in [1.82, 2.24) is 0 Å². The van der Waals surface area contributed by atoms with Gasteiger partial charge in [0.15, 0.2) is 0 Å². The summed E-state index contributed by atoms with van der Waals surface area (Å²) in [5.74, 6) is 0. The van der Waals surface area contributed by atoms with Crippen molar-refractivity contribution in [3.63, 3.8) is 0 Å². The van der Waals surface area contributed by atoms with Gasteiger partial charge in [0.2, 0.25) is 0 Å². The van der Waals surface area contributed by atoms with Crippen molar-refractivity contribution in [3.8, 4) is 11.1 Å². The van der Waals surface area contributed by atoms with Crippen molar-refractivity contribution in [2.24, 2.45) is 0 Å². The van der Waals surface area contributed by atoms with Gasteiger partial charge >= 0.3 is 23.3 Å². The zero-order chi connectivity index (χ0) is 10.2. The van der Waals surface area contributed by atoms with Gasteiger partial charge in [-0.2, -0.15) is 0 Å². The Hall–Kier alpha value is -0.963. The molecule has 66 valence electrons. The molecule has 0 aliphatic heterocycles. The minimum absolute atomic E-state index is 1.28. The van der Waals surface area contributed by atoms with Gasteiger partial charge in [-0.1, -0.05) is 60.7 Å². The standard InChI is InChI=1S/C12H10.CH3.Li/c1-3-7-11(8-4-1)12-9-5-2-6-10-12;;/h1-10H;1H3;. The maximum atomic E-state index is 2.12. The third-order valence-corrected chi connectivity index (χ3v) is 1.88. The summed E-state index contributed by atoms with van der Waals surface area (Å²) in [4.78, 5) is 0. The first-order chi connectivity index (χ1) is 6.97. The van der Waals surface area contributed by atoms with E-state index in [1.807, 2.05) is 35.4 Å². The second kappa shape index (κ2) is 6.49. The van der Waals surface area contributed by atoms with Gasteiger partial charge in [0.05, 0.1) is 0 Å². The SMILES string of the molecule is [Li][CH3].c1ccc(-c2ccccc2)cc1. The molecular weight excluding hydrogens is 163 g/mol. The van der Waals surface area contributed by atoms with E-state index in [0.717, 1.165) is 0 Å². The molecule has 1 heteroatoms. The van der Waals surface area contributed by atoms with E-state index in [2.05, 4.69) is 48.5 Å². The Morgan fingerprint density at radius 1 is 0.571 bits per heavy atom. The van der Waals surface area contributed by atoms with E-state index in [9.17, 15) is 0 Å². The molecule has 2 aromatic rings. The van der Waals surface area contributed by atoms with Gasteiger partial charge < -0.3 is 0 Å². The first-order valence-corrected chi connectivity index (χ1v) is 5.07. The molecule has 0 aliphatic carbocycles. The Balaban J connectivity index is 0.000000461. The van der Waals surface area contributed by atoms with Crippen LogP contribution in [0, 0.1) is 0 Å². The van der Waals surface area contributed by atoms with Crippen LogP contribution >= 0.6 is 0 Å². The Bertz CT molecular complexity index is 303. The van der Waals surface area contributed by atoms with Gasteiger partial charge in [0, 0.05) is 0 Å². The fraction of sp³-hybridized carbons (Fsp3) is 0.0769. The van der Waals surface area contributed by atoms with Crippen molar-refractivity contribution < 1.29 is 0 Å².